The van der Waals surface area contributed by atoms with Crippen molar-refractivity contribution >= 4 is 5.82 Å². The first-order valence-electron chi connectivity index (χ1n) is 6.88. The molecule has 2 rings (SSSR count). The van der Waals surface area contributed by atoms with Gasteiger partial charge in [-0.3, -0.25) is 0 Å². The topological polar surface area (TPSA) is 28.2 Å². The maximum Gasteiger partial charge on any atom is 0.128 e. The van der Waals surface area contributed by atoms with Gasteiger partial charge in [-0.2, -0.15) is 0 Å². The Morgan fingerprint density at radius 1 is 1.33 bits per heavy atom. The molecule has 1 aromatic rings. The molecule has 1 atom stereocenters. The molecule has 0 bridgehead atoms. The third kappa shape index (κ3) is 3.02. The summed E-state index contributed by atoms with van der Waals surface area (Å²) in [5.41, 5.74) is 1.47. The Kier molecular flexibility index (Phi) is 3.91. The summed E-state index contributed by atoms with van der Waals surface area (Å²) in [6.45, 7) is 8.88. The largest absolute Gasteiger partial charge is 0.355 e. The van der Waals surface area contributed by atoms with E-state index in [1.807, 2.05) is 6.20 Å². The van der Waals surface area contributed by atoms with Gasteiger partial charge in [0.2, 0.25) is 0 Å². The van der Waals surface area contributed by atoms with Crippen molar-refractivity contribution in [3.8, 4) is 0 Å². The summed E-state index contributed by atoms with van der Waals surface area (Å²) in [7, 11) is 2.15. The van der Waals surface area contributed by atoms with Crippen LogP contribution in [0.2, 0.25) is 0 Å². The molecule has 0 radical (unpaired) electrons. The van der Waals surface area contributed by atoms with E-state index in [9.17, 15) is 0 Å². The van der Waals surface area contributed by atoms with Crippen molar-refractivity contribution < 1.29 is 0 Å². The van der Waals surface area contributed by atoms with Crippen LogP contribution in [0.5, 0.6) is 0 Å². The molecule has 1 unspecified atom stereocenters. The number of hydrogen-bond donors (Lipinski definition) is 1. The lowest BCUT2D eigenvalue weighted by Crippen LogP contribution is -2.44. The number of aromatic nitrogens is 1. The molecule has 1 aromatic heterocycles. The summed E-state index contributed by atoms with van der Waals surface area (Å²) in [4.78, 5) is 6.92. The Hall–Kier alpha value is -1.09. The first-order valence-corrected chi connectivity index (χ1v) is 6.88. The molecule has 0 saturated carbocycles. The van der Waals surface area contributed by atoms with Crippen LogP contribution in [0.4, 0.5) is 5.82 Å². The second-order valence-corrected chi connectivity index (χ2v) is 6.27. The quantitative estimate of drug-likeness (QED) is 0.870. The number of anilines is 1. The minimum atomic E-state index is 0.177. The van der Waals surface area contributed by atoms with Gasteiger partial charge in [0.25, 0.3) is 0 Å². The van der Waals surface area contributed by atoms with Gasteiger partial charge in [-0.1, -0.05) is 26.8 Å². The highest BCUT2D eigenvalue weighted by Crippen LogP contribution is 2.23. The van der Waals surface area contributed by atoms with E-state index in [1.54, 1.807) is 0 Å². The van der Waals surface area contributed by atoms with E-state index in [-0.39, 0.29) is 5.41 Å². The highest BCUT2D eigenvalue weighted by Gasteiger charge is 2.19. The molecule has 1 aliphatic heterocycles. The lowest BCUT2D eigenvalue weighted by Gasteiger charge is -2.32. The van der Waals surface area contributed by atoms with Gasteiger partial charge in [0, 0.05) is 25.8 Å². The summed E-state index contributed by atoms with van der Waals surface area (Å²) >= 11 is 0. The van der Waals surface area contributed by atoms with Gasteiger partial charge in [0.15, 0.2) is 0 Å². The predicted molar refractivity (Wildman–Crippen MR) is 77.2 cm³/mol. The number of piperidine rings is 1. The minimum Gasteiger partial charge on any atom is -0.355 e. The fourth-order valence-electron chi connectivity index (χ4n) is 2.39. The van der Waals surface area contributed by atoms with E-state index in [2.05, 4.69) is 55.2 Å². The zero-order valence-corrected chi connectivity index (χ0v) is 12.0. The minimum absolute atomic E-state index is 0.177. The van der Waals surface area contributed by atoms with Crippen LogP contribution in [0, 0.1) is 0 Å². The van der Waals surface area contributed by atoms with Gasteiger partial charge < -0.3 is 10.2 Å². The lowest BCUT2D eigenvalue weighted by molar-refractivity contribution is 0.443. The molecule has 0 spiro atoms. The second kappa shape index (κ2) is 5.27. The zero-order chi connectivity index (χ0) is 13.2. The first kappa shape index (κ1) is 13.3. The second-order valence-electron chi connectivity index (χ2n) is 6.27. The SMILES string of the molecule is CN(c1ccc(C(C)(C)C)cn1)C1CCCNC1. The fraction of sp³-hybridized carbons (Fsp3) is 0.667. The number of pyridine rings is 1. The monoisotopic (exact) mass is 247 g/mol. The van der Waals surface area contributed by atoms with E-state index in [4.69, 9.17) is 0 Å². The summed E-state index contributed by atoms with van der Waals surface area (Å²) in [5, 5.41) is 3.45. The van der Waals surface area contributed by atoms with Crippen LogP contribution >= 0.6 is 0 Å². The van der Waals surface area contributed by atoms with Crippen LogP contribution in [0.15, 0.2) is 18.3 Å². The highest BCUT2D eigenvalue weighted by molar-refractivity contribution is 5.41. The molecule has 18 heavy (non-hydrogen) atoms. The van der Waals surface area contributed by atoms with Crippen molar-refractivity contribution in [3.05, 3.63) is 23.9 Å². The molecule has 0 amide bonds. The fourth-order valence-corrected chi connectivity index (χ4v) is 2.39. The Morgan fingerprint density at radius 3 is 2.61 bits per heavy atom. The van der Waals surface area contributed by atoms with Crippen molar-refractivity contribution in [2.75, 3.05) is 25.0 Å². The van der Waals surface area contributed by atoms with Gasteiger partial charge in [-0.15, -0.1) is 0 Å². The molecule has 1 N–H and O–H groups in total. The number of nitrogens with one attached hydrogen (secondary N) is 1. The van der Waals surface area contributed by atoms with Gasteiger partial charge >= 0.3 is 0 Å². The van der Waals surface area contributed by atoms with Crippen molar-refractivity contribution in [2.45, 2.75) is 45.1 Å². The third-order valence-corrected chi connectivity index (χ3v) is 3.79. The zero-order valence-electron chi connectivity index (χ0n) is 12.0. The molecule has 0 aliphatic carbocycles. The molecular formula is C15H25N3. The predicted octanol–water partition coefficient (Wildman–Crippen LogP) is 2.57. The van der Waals surface area contributed by atoms with Crippen molar-refractivity contribution in [1.82, 2.24) is 10.3 Å². The van der Waals surface area contributed by atoms with Gasteiger partial charge in [0.05, 0.1) is 0 Å². The molecule has 1 fully saturated rings. The van der Waals surface area contributed by atoms with E-state index < -0.39 is 0 Å². The van der Waals surface area contributed by atoms with E-state index >= 15 is 0 Å². The first-order chi connectivity index (χ1) is 8.48. The van der Waals surface area contributed by atoms with E-state index in [1.165, 1.54) is 18.4 Å². The molecule has 3 heteroatoms. The summed E-state index contributed by atoms with van der Waals surface area (Å²) in [6.07, 6.45) is 4.53. The van der Waals surface area contributed by atoms with Crippen molar-refractivity contribution in [3.63, 3.8) is 0 Å². The average Bonchev–Trinajstić information content (AvgIpc) is 2.38. The number of nitrogens with zero attached hydrogens (tertiary/aromatic N) is 2. The summed E-state index contributed by atoms with van der Waals surface area (Å²) in [6, 6.07) is 4.93. The van der Waals surface area contributed by atoms with E-state index in [0.717, 1.165) is 18.9 Å². The molecular weight excluding hydrogens is 222 g/mol. The van der Waals surface area contributed by atoms with Crippen molar-refractivity contribution in [1.29, 1.82) is 0 Å². The van der Waals surface area contributed by atoms with Gasteiger partial charge in [0.1, 0.15) is 5.82 Å². The molecule has 1 saturated heterocycles. The van der Waals surface area contributed by atoms with Crippen LogP contribution in [0.3, 0.4) is 0 Å². The van der Waals surface area contributed by atoms with Crippen LogP contribution < -0.4 is 10.2 Å². The Morgan fingerprint density at radius 2 is 2.11 bits per heavy atom. The molecule has 1 aliphatic rings. The Labute approximate surface area is 111 Å². The van der Waals surface area contributed by atoms with E-state index in [0.29, 0.717) is 6.04 Å². The van der Waals surface area contributed by atoms with Crippen LogP contribution in [0.25, 0.3) is 0 Å². The average molecular weight is 247 g/mol. The third-order valence-electron chi connectivity index (χ3n) is 3.79. The standard InChI is InChI=1S/C15H25N3/c1-15(2,3)12-7-8-14(17-10-12)18(4)13-6-5-9-16-11-13/h7-8,10,13,16H,5-6,9,11H2,1-4H3. The molecule has 0 aromatic carbocycles. The summed E-state index contributed by atoms with van der Waals surface area (Å²) in [5.74, 6) is 1.08. The van der Waals surface area contributed by atoms with Gasteiger partial charge in [-0.05, 0) is 36.4 Å². The lowest BCUT2D eigenvalue weighted by atomic mass is 9.88. The summed E-state index contributed by atoms with van der Waals surface area (Å²) < 4.78 is 0. The Balaban J connectivity index is 2.09. The van der Waals surface area contributed by atoms with Crippen molar-refractivity contribution in [2.24, 2.45) is 0 Å². The number of likely N-dealkylation sites (N-methyl/N-ethyl adjacent to an activating group) is 1. The molecule has 100 valence electrons. The number of rotatable bonds is 2. The van der Waals surface area contributed by atoms with Crippen LogP contribution in [-0.4, -0.2) is 31.2 Å². The van der Waals surface area contributed by atoms with Crippen LogP contribution in [0.1, 0.15) is 39.2 Å². The maximum atomic E-state index is 4.62. The smallest absolute Gasteiger partial charge is 0.128 e. The normalized spacial score (nSPS) is 20.8. The Bertz CT molecular complexity index is 372. The molecule has 2 heterocycles. The highest BCUT2D eigenvalue weighted by atomic mass is 15.2. The number of hydrogen-bond acceptors (Lipinski definition) is 3. The van der Waals surface area contributed by atoms with Crippen LogP contribution in [-0.2, 0) is 5.41 Å². The molecule has 3 nitrogen and oxygen atoms in total. The maximum absolute atomic E-state index is 4.62. The van der Waals surface area contributed by atoms with Gasteiger partial charge in [-0.25, -0.2) is 4.98 Å².